The summed E-state index contributed by atoms with van der Waals surface area (Å²) in [5.41, 5.74) is 0.466. The number of halogens is 1. The quantitative estimate of drug-likeness (QED) is 0.533. The van der Waals surface area contributed by atoms with Gasteiger partial charge in [-0.3, -0.25) is 9.59 Å². The molecule has 9 nitrogen and oxygen atoms in total. The van der Waals surface area contributed by atoms with E-state index in [0.29, 0.717) is 49.6 Å². The summed E-state index contributed by atoms with van der Waals surface area (Å²) >= 11 is 0. The molecule has 1 unspecified atom stereocenters. The zero-order chi connectivity index (χ0) is 26.4. The Bertz CT molecular complexity index is 1450. The highest BCUT2D eigenvalue weighted by Crippen LogP contribution is 2.42. The molecule has 2 saturated heterocycles. The summed E-state index contributed by atoms with van der Waals surface area (Å²) in [6.45, 7) is 6.30. The largest absolute Gasteiger partial charge is 0.508 e. The average Bonchev–Trinajstić information content (AvgIpc) is 3.09. The van der Waals surface area contributed by atoms with Gasteiger partial charge in [0.15, 0.2) is 11.6 Å². The number of nitrogens with zero attached hydrogens (tertiary/aromatic N) is 4. The number of phenols is 1. The Morgan fingerprint density at radius 2 is 1.95 bits per heavy atom. The molecule has 0 radical (unpaired) electrons. The Morgan fingerprint density at radius 3 is 2.74 bits per heavy atom. The third-order valence-electron chi connectivity index (χ3n) is 7.35. The molecule has 3 aliphatic heterocycles. The van der Waals surface area contributed by atoms with E-state index in [0.717, 1.165) is 5.39 Å². The van der Waals surface area contributed by atoms with Gasteiger partial charge in [0.25, 0.3) is 5.91 Å². The predicted molar refractivity (Wildman–Crippen MR) is 139 cm³/mol. The molecule has 0 spiro atoms. The van der Waals surface area contributed by atoms with Crippen molar-refractivity contribution in [1.29, 1.82) is 0 Å². The number of rotatable bonds is 3. The first-order valence-corrected chi connectivity index (χ1v) is 12.6. The molecule has 2 amide bonds. The van der Waals surface area contributed by atoms with Crippen LogP contribution in [0.5, 0.6) is 11.5 Å². The Balaban J connectivity index is 1.52. The normalized spacial score (nSPS) is 19.4. The number of aromatic nitrogens is 1. The highest BCUT2D eigenvalue weighted by molar-refractivity contribution is 6.04. The summed E-state index contributed by atoms with van der Waals surface area (Å²) in [7, 11) is 0. The van der Waals surface area contributed by atoms with E-state index in [9.17, 15) is 14.7 Å². The number of hydrogen-bond donors (Lipinski definition) is 1. The fourth-order valence-corrected chi connectivity index (χ4v) is 5.45. The zero-order valence-electron chi connectivity index (χ0n) is 20.7. The van der Waals surface area contributed by atoms with Crippen LogP contribution in [0.4, 0.5) is 10.2 Å². The van der Waals surface area contributed by atoms with E-state index in [1.807, 2.05) is 29.2 Å². The van der Waals surface area contributed by atoms with Crippen LogP contribution in [0.3, 0.4) is 0 Å². The van der Waals surface area contributed by atoms with Crippen molar-refractivity contribution in [2.75, 3.05) is 57.4 Å². The molecule has 2 fully saturated rings. The molecule has 6 rings (SSSR count). The number of carbonyl (C=O) groups excluding carboxylic acids is 2. The lowest BCUT2D eigenvalue weighted by Gasteiger charge is -2.39. The number of benzene rings is 2. The third kappa shape index (κ3) is 4.01. The van der Waals surface area contributed by atoms with Gasteiger partial charge < -0.3 is 29.3 Å². The average molecular weight is 519 g/mol. The lowest BCUT2D eigenvalue weighted by Crippen LogP contribution is -2.57. The number of phenolic OH excluding ortho intramolecular Hbond substituents is 1. The van der Waals surface area contributed by atoms with Crippen LogP contribution >= 0.6 is 0 Å². The van der Waals surface area contributed by atoms with Crippen LogP contribution in [0.2, 0.25) is 0 Å². The number of carbonyl (C=O) groups is 2. The van der Waals surface area contributed by atoms with Crippen LogP contribution < -0.4 is 9.64 Å². The second-order valence-corrected chi connectivity index (χ2v) is 9.57. The van der Waals surface area contributed by atoms with E-state index in [1.165, 1.54) is 12.1 Å². The minimum atomic E-state index is -0.764. The third-order valence-corrected chi connectivity index (χ3v) is 7.35. The molecule has 196 valence electrons. The van der Waals surface area contributed by atoms with Crippen LogP contribution in [0.1, 0.15) is 10.4 Å². The summed E-state index contributed by atoms with van der Waals surface area (Å²) in [5.74, 6) is -1.23. The van der Waals surface area contributed by atoms with Crippen molar-refractivity contribution in [1.82, 2.24) is 14.8 Å². The maximum absolute atomic E-state index is 16.4. The highest BCUT2D eigenvalue weighted by atomic mass is 19.1. The van der Waals surface area contributed by atoms with E-state index in [-0.39, 0.29) is 54.3 Å². The molecule has 1 N–H and O–H groups in total. The van der Waals surface area contributed by atoms with Crippen LogP contribution in [-0.4, -0.2) is 90.3 Å². The molecule has 3 aliphatic rings. The Hall–Kier alpha value is -4.18. The lowest BCUT2D eigenvalue weighted by molar-refractivity contribution is -0.128. The van der Waals surface area contributed by atoms with Gasteiger partial charge in [-0.2, -0.15) is 0 Å². The number of anilines is 1. The van der Waals surface area contributed by atoms with Crippen molar-refractivity contribution in [2.24, 2.45) is 0 Å². The van der Waals surface area contributed by atoms with Crippen molar-refractivity contribution < 1.29 is 28.6 Å². The number of hydrogen-bond acceptors (Lipinski definition) is 7. The first-order chi connectivity index (χ1) is 18.5. The Morgan fingerprint density at radius 1 is 1.16 bits per heavy atom. The standard InChI is InChI=1S/C28H27FN4O5/c1-2-22(35)32-7-8-33-18(15-32)16-38-26-23(28(33)36)27(31-9-11-37-12-10-31)30-25(24(26)29)21-14-19(34)13-17-5-3-4-6-20(17)21/h2-6,13-14,18,34H,1,7-12,15-16H2. The van der Waals surface area contributed by atoms with E-state index in [4.69, 9.17) is 14.5 Å². The first-order valence-electron chi connectivity index (χ1n) is 12.6. The van der Waals surface area contributed by atoms with Crippen molar-refractivity contribution >= 4 is 28.4 Å². The maximum Gasteiger partial charge on any atom is 0.262 e. The molecule has 0 saturated carbocycles. The molecule has 4 heterocycles. The van der Waals surface area contributed by atoms with Gasteiger partial charge in [0.05, 0.1) is 19.3 Å². The molecule has 1 atom stereocenters. The smallest absolute Gasteiger partial charge is 0.262 e. The number of fused-ring (bicyclic) bond motifs is 3. The number of aromatic hydroxyl groups is 1. The molecular weight excluding hydrogens is 491 g/mol. The molecule has 10 heteroatoms. The van der Waals surface area contributed by atoms with Crippen LogP contribution in [-0.2, 0) is 9.53 Å². The molecule has 2 aromatic carbocycles. The number of morpholine rings is 1. The summed E-state index contributed by atoms with van der Waals surface area (Å²) < 4.78 is 27.9. The van der Waals surface area contributed by atoms with Gasteiger partial charge in [0.2, 0.25) is 5.91 Å². The minimum absolute atomic E-state index is 0.00604. The minimum Gasteiger partial charge on any atom is -0.508 e. The summed E-state index contributed by atoms with van der Waals surface area (Å²) in [4.78, 5) is 36.1. The monoisotopic (exact) mass is 518 g/mol. The van der Waals surface area contributed by atoms with Gasteiger partial charge in [-0.05, 0) is 29.0 Å². The molecular formula is C28H27FN4O5. The second-order valence-electron chi connectivity index (χ2n) is 9.57. The fourth-order valence-electron chi connectivity index (χ4n) is 5.45. The van der Waals surface area contributed by atoms with Gasteiger partial charge in [-0.1, -0.05) is 30.8 Å². The number of amides is 2. The summed E-state index contributed by atoms with van der Waals surface area (Å²) in [5, 5.41) is 11.9. The Labute approximate surface area is 218 Å². The SMILES string of the molecule is C=CC(=O)N1CCN2C(=O)c3c(N4CCOCC4)nc(-c4cc(O)cc5ccccc45)c(F)c3OCC2C1. The van der Waals surface area contributed by atoms with Crippen molar-refractivity contribution in [3.05, 3.63) is 60.4 Å². The van der Waals surface area contributed by atoms with E-state index in [1.54, 1.807) is 15.9 Å². The zero-order valence-corrected chi connectivity index (χ0v) is 20.7. The number of ether oxygens (including phenoxy) is 2. The summed E-state index contributed by atoms with van der Waals surface area (Å²) in [6, 6.07) is 9.97. The van der Waals surface area contributed by atoms with Gasteiger partial charge in [0.1, 0.15) is 29.4 Å². The maximum atomic E-state index is 16.4. The highest BCUT2D eigenvalue weighted by Gasteiger charge is 2.41. The van der Waals surface area contributed by atoms with Crippen LogP contribution in [0.15, 0.2) is 49.1 Å². The molecule has 0 aliphatic carbocycles. The molecule has 3 aromatic rings. The van der Waals surface area contributed by atoms with Gasteiger partial charge >= 0.3 is 0 Å². The number of pyridine rings is 1. The van der Waals surface area contributed by atoms with E-state index >= 15 is 4.39 Å². The molecule has 0 bridgehead atoms. The summed E-state index contributed by atoms with van der Waals surface area (Å²) in [6.07, 6.45) is 1.25. The molecule has 1 aromatic heterocycles. The van der Waals surface area contributed by atoms with E-state index in [2.05, 4.69) is 6.58 Å². The van der Waals surface area contributed by atoms with Gasteiger partial charge in [-0.25, -0.2) is 9.37 Å². The van der Waals surface area contributed by atoms with Crippen LogP contribution in [0, 0.1) is 5.82 Å². The van der Waals surface area contributed by atoms with Crippen molar-refractivity contribution in [2.45, 2.75) is 6.04 Å². The topological polar surface area (TPSA) is 95.4 Å². The lowest BCUT2D eigenvalue weighted by atomic mass is 9.99. The van der Waals surface area contributed by atoms with Gasteiger partial charge in [0, 0.05) is 38.3 Å². The molecule has 38 heavy (non-hydrogen) atoms. The van der Waals surface area contributed by atoms with Gasteiger partial charge in [-0.15, -0.1) is 0 Å². The fraction of sp³-hybridized carbons (Fsp3) is 0.321. The van der Waals surface area contributed by atoms with Crippen molar-refractivity contribution in [3.8, 4) is 22.8 Å². The number of piperazine rings is 1. The van der Waals surface area contributed by atoms with E-state index < -0.39 is 11.9 Å². The second kappa shape index (κ2) is 9.60. The predicted octanol–water partition coefficient (Wildman–Crippen LogP) is 2.81. The Kier molecular flexibility index (Phi) is 6.11. The van der Waals surface area contributed by atoms with Crippen molar-refractivity contribution in [3.63, 3.8) is 0 Å². The van der Waals surface area contributed by atoms with Crippen LogP contribution in [0.25, 0.3) is 22.0 Å². The first kappa shape index (κ1) is 24.2.